The highest BCUT2D eigenvalue weighted by molar-refractivity contribution is 6.30. The highest BCUT2D eigenvalue weighted by Gasteiger charge is 2.19. The predicted molar refractivity (Wildman–Crippen MR) is 156 cm³/mol. The number of halogens is 2. The van der Waals surface area contributed by atoms with Gasteiger partial charge in [-0.3, -0.25) is 14.9 Å². The van der Waals surface area contributed by atoms with Crippen LogP contribution in [0, 0.1) is 5.82 Å². The molecule has 0 aliphatic rings. The van der Waals surface area contributed by atoms with Crippen LogP contribution in [-0.4, -0.2) is 47.5 Å². The van der Waals surface area contributed by atoms with E-state index in [2.05, 4.69) is 31.0 Å². The minimum absolute atomic E-state index is 0.0821. The van der Waals surface area contributed by atoms with Gasteiger partial charge in [0.05, 0.1) is 28.7 Å². The number of hydrogen-bond acceptors (Lipinski definition) is 7. The molecule has 2 heterocycles. The lowest BCUT2D eigenvalue weighted by Crippen LogP contribution is -2.30. The van der Waals surface area contributed by atoms with Crippen molar-refractivity contribution in [2.45, 2.75) is 12.5 Å². The number of tetrazole rings is 1. The fraction of sp³-hybridized carbons (Fsp3) is 0.0690. The molecule has 2 aromatic heterocycles. The summed E-state index contributed by atoms with van der Waals surface area (Å²) in [6.45, 7) is 0. The van der Waals surface area contributed by atoms with Gasteiger partial charge in [-0.15, -0.1) is 5.10 Å². The van der Waals surface area contributed by atoms with E-state index in [-0.39, 0.29) is 16.8 Å². The number of aromatic amines is 1. The average Bonchev–Trinajstić information content (AvgIpc) is 3.52. The first-order chi connectivity index (χ1) is 20.8. The summed E-state index contributed by atoms with van der Waals surface area (Å²) in [5.74, 6) is -1.33. The maximum absolute atomic E-state index is 14.6. The lowest BCUT2D eigenvalue weighted by Gasteiger charge is -2.18. The Hall–Kier alpha value is -5.69. The maximum atomic E-state index is 14.6. The van der Waals surface area contributed by atoms with Gasteiger partial charge in [0, 0.05) is 16.7 Å². The third-order valence-electron chi connectivity index (χ3n) is 6.30. The van der Waals surface area contributed by atoms with Crippen molar-refractivity contribution in [3.8, 4) is 16.8 Å². The van der Waals surface area contributed by atoms with Crippen molar-refractivity contribution in [3.63, 3.8) is 0 Å². The Morgan fingerprint density at radius 3 is 2.63 bits per heavy atom. The minimum atomic E-state index is -1.42. The standard InChI is InChI=1S/C29H22ClFN8O4/c30-20-8-10-26(39-16-32-37-38-39)19(13-20)7-11-27(40)33-24(12-17-4-2-1-3-5-17)25-15-21(28(41)36-35-25)18-6-9-23(22(31)14-18)34-29(42)43/h1-11,13-16,24,34H,12H2,(H,33,40)(H,36,41)(H,42,43). The first-order valence-electron chi connectivity index (χ1n) is 12.7. The van der Waals surface area contributed by atoms with Crippen molar-refractivity contribution in [3.05, 3.63) is 123 Å². The third-order valence-corrected chi connectivity index (χ3v) is 6.54. The minimum Gasteiger partial charge on any atom is -0.465 e. The van der Waals surface area contributed by atoms with E-state index < -0.39 is 29.4 Å². The van der Waals surface area contributed by atoms with Crippen LogP contribution in [0.25, 0.3) is 22.9 Å². The van der Waals surface area contributed by atoms with Crippen molar-refractivity contribution in [1.29, 1.82) is 0 Å². The third kappa shape index (κ3) is 7.15. The molecule has 1 unspecified atom stereocenters. The van der Waals surface area contributed by atoms with Gasteiger partial charge in [0.1, 0.15) is 12.1 Å². The van der Waals surface area contributed by atoms with Crippen LogP contribution in [0.5, 0.6) is 0 Å². The molecule has 43 heavy (non-hydrogen) atoms. The van der Waals surface area contributed by atoms with Gasteiger partial charge in [0.15, 0.2) is 0 Å². The first-order valence-corrected chi connectivity index (χ1v) is 13.1. The Bertz CT molecular complexity index is 1860. The number of amides is 2. The van der Waals surface area contributed by atoms with Gasteiger partial charge in [-0.1, -0.05) is 48.0 Å². The summed E-state index contributed by atoms with van der Waals surface area (Å²) < 4.78 is 16.0. The second kappa shape index (κ2) is 12.9. The Balaban J connectivity index is 1.45. The summed E-state index contributed by atoms with van der Waals surface area (Å²) in [4.78, 5) is 36.8. The van der Waals surface area contributed by atoms with Gasteiger partial charge in [-0.2, -0.15) is 9.78 Å². The molecule has 5 rings (SSSR count). The summed E-state index contributed by atoms with van der Waals surface area (Å²) in [6, 6.07) is 18.8. The molecule has 0 radical (unpaired) electrons. The largest absolute Gasteiger partial charge is 0.465 e. The van der Waals surface area contributed by atoms with Crippen LogP contribution in [0.4, 0.5) is 14.9 Å². The Labute approximate surface area is 247 Å². The summed E-state index contributed by atoms with van der Waals surface area (Å²) >= 11 is 6.18. The zero-order valence-corrected chi connectivity index (χ0v) is 22.9. The number of carbonyl (C=O) groups is 2. The van der Waals surface area contributed by atoms with Crippen LogP contribution in [0.3, 0.4) is 0 Å². The fourth-order valence-corrected chi connectivity index (χ4v) is 4.50. The van der Waals surface area contributed by atoms with E-state index in [4.69, 9.17) is 16.7 Å². The number of anilines is 1. The Morgan fingerprint density at radius 2 is 1.91 bits per heavy atom. The van der Waals surface area contributed by atoms with Gasteiger partial charge < -0.3 is 10.4 Å². The van der Waals surface area contributed by atoms with Gasteiger partial charge >= 0.3 is 6.09 Å². The molecule has 0 aliphatic carbocycles. The van der Waals surface area contributed by atoms with Crippen molar-refractivity contribution >= 4 is 35.4 Å². The average molecular weight is 601 g/mol. The molecule has 12 nitrogen and oxygen atoms in total. The summed E-state index contributed by atoms with van der Waals surface area (Å²) in [5.41, 5.74) is 1.80. The van der Waals surface area contributed by atoms with Crippen LogP contribution in [0.15, 0.2) is 90.0 Å². The molecular formula is C29H22ClFN8O4. The fourth-order valence-electron chi connectivity index (χ4n) is 4.32. The van der Waals surface area contributed by atoms with Gasteiger partial charge in [0.2, 0.25) is 5.91 Å². The SMILES string of the molecule is O=C(O)Nc1ccc(-c2cc(C(Cc3ccccc3)NC(=O)C=Cc3cc(Cl)ccc3-n3cnnn3)n[nH]c2=O)cc1F. The number of H-pyrrole nitrogens is 1. The zero-order chi connectivity index (χ0) is 30.3. The van der Waals surface area contributed by atoms with E-state index in [9.17, 15) is 18.8 Å². The van der Waals surface area contributed by atoms with Crippen LogP contribution < -0.4 is 16.2 Å². The van der Waals surface area contributed by atoms with E-state index in [1.165, 1.54) is 35.3 Å². The second-order valence-electron chi connectivity index (χ2n) is 9.20. The van der Waals surface area contributed by atoms with Crippen molar-refractivity contribution in [2.24, 2.45) is 0 Å². The van der Waals surface area contributed by atoms with Crippen LogP contribution in [-0.2, 0) is 11.2 Å². The number of aromatic nitrogens is 6. The molecule has 0 aliphatic heterocycles. The number of benzene rings is 3. The van der Waals surface area contributed by atoms with Crippen LogP contribution in [0.2, 0.25) is 5.02 Å². The van der Waals surface area contributed by atoms with E-state index in [0.717, 1.165) is 11.6 Å². The number of rotatable bonds is 9. The molecule has 4 N–H and O–H groups in total. The first kappa shape index (κ1) is 28.8. The molecule has 216 valence electrons. The Morgan fingerprint density at radius 1 is 1.09 bits per heavy atom. The van der Waals surface area contributed by atoms with E-state index in [1.807, 2.05) is 35.6 Å². The van der Waals surface area contributed by atoms with Gasteiger partial charge in [-0.25, -0.2) is 14.3 Å². The molecule has 2 amide bonds. The molecule has 5 aromatic rings. The summed E-state index contributed by atoms with van der Waals surface area (Å²) in [5, 5.41) is 32.0. The second-order valence-corrected chi connectivity index (χ2v) is 9.64. The van der Waals surface area contributed by atoms with E-state index >= 15 is 0 Å². The zero-order valence-electron chi connectivity index (χ0n) is 22.1. The monoisotopic (exact) mass is 600 g/mol. The van der Waals surface area contributed by atoms with Crippen LogP contribution in [0.1, 0.15) is 22.9 Å². The molecule has 0 saturated carbocycles. The maximum Gasteiger partial charge on any atom is 0.409 e. The van der Waals surface area contributed by atoms with Crippen molar-refractivity contribution < 1.29 is 19.1 Å². The van der Waals surface area contributed by atoms with E-state index in [0.29, 0.717) is 28.4 Å². The lowest BCUT2D eigenvalue weighted by atomic mass is 10.00. The quantitative estimate of drug-likeness (QED) is 0.180. The summed E-state index contributed by atoms with van der Waals surface area (Å²) in [7, 11) is 0. The molecule has 0 fully saturated rings. The number of carboxylic acid groups (broad SMARTS) is 1. The van der Waals surface area contributed by atoms with E-state index in [1.54, 1.807) is 24.3 Å². The van der Waals surface area contributed by atoms with Gasteiger partial charge in [-0.05, 0) is 70.4 Å². The smallest absolute Gasteiger partial charge is 0.409 e. The molecule has 3 aromatic carbocycles. The highest BCUT2D eigenvalue weighted by atomic mass is 35.5. The van der Waals surface area contributed by atoms with Crippen molar-refractivity contribution in [2.75, 3.05) is 5.32 Å². The van der Waals surface area contributed by atoms with Crippen LogP contribution >= 0.6 is 11.6 Å². The molecule has 0 saturated heterocycles. The molecule has 0 spiro atoms. The normalized spacial score (nSPS) is 11.8. The Kier molecular flexibility index (Phi) is 8.63. The number of hydrogen-bond donors (Lipinski definition) is 4. The molecule has 14 heteroatoms. The molecule has 1 atom stereocenters. The molecular weight excluding hydrogens is 579 g/mol. The lowest BCUT2D eigenvalue weighted by molar-refractivity contribution is -0.117. The number of nitrogens with one attached hydrogen (secondary N) is 3. The van der Waals surface area contributed by atoms with Gasteiger partial charge in [0.25, 0.3) is 5.56 Å². The number of carbonyl (C=O) groups excluding carboxylic acids is 1. The summed E-state index contributed by atoms with van der Waals surface area (Å²) in [6.07, 6.45) is 3.21. The van der Waals surface area contributed by atoms with Crippen molar-refractivity contribution in [1.82, 2.24) is 35.7 Å². The highest BCUT2D eigenvalue weighted by Crippen LogP contribution is 2.25. The topological polar surface area (TPSA) is 168 Å². The number of nitrogens with zero attached hydrogens (tertiary/aromatic N) is 5. The predicted octanol–water partition coefficient (Wildman–Crippen LogP) is 4.41. The molecule has 0 bridgehead atoms.